The lowest BCUT2D eigenvalue weighted by Gasteiger charge is -2.13. The van der Waals surface area contributed by atoms with Crippen LogP contribution in [0.1, 0.15) is 153 Å². The number of ether oxygens (including phenoxy) is 5. The van der Waals surface area contributed by atoms with Gasteiger partial charge in [-0.05, 0) is 143 Å². The molecule has 3 aromatic carbocycles. The van der Waals surface area contributed by atoms with Crippen molar-refractivity contribution in [1.29, 1.82) is 0 Å². The van der Waals surface area contributed by atoms with Crippen LogP contribution in [0, 0.1) is 0 Å². The molecule has 14 aromatic rings. The number of carboxylic acid groups (broad SMARTS) is 1. The fourth-order valence-electron chi connectivity index (χ4n) is 12.2. The SMILES string of the molecule is CCC(N)c1nc(-c2cccc(-c3nc(C(=O)OC)c(CCN(C)C)o3)n2)co1.CCC(NC(=O)OCc1ccccc1)c1nc(-c2cccc(-c3nc(C(=O)OC)c(CCN(C)C)o3)n2)co1.CCC(NC(=O)OCc1ccccc1)c1nc(-c2cccc(Br)n2)co1.CN(C)CCc1oc(-c2cccc(-c3coc(C(CO)NC(=O)OCc4ccccc4)n3)n2)nc1C(=O)O. The van der Waals surface area contributed by atoms with Crippen LogP contribution < -0.4 is 21.7 Å². The number of likely N-dealkylation sites (N-methyl/N-ethyl adjacent to an activating group) is 3. The Labute approximate surface area is 767 Å². The van der Waals surface area contributed by atoms with E-state index in [-0.39, 0.29) is 78.3 Å². The number of amides is 3. The average Bonchev–Trinajstić information content (AvgIpc) is 1.66. The number of carboxylic acids is 1. The Bertz CT molecular complexity index is 6070. The predicted molar refractivity (Wildman–Crippen MR) is 482 cm³/mol. The monoisotopic (exact) mass is 1870 g/mol. The lowest BCUT2D eigenvalue weighted by molar-refractivity contribution is 0.0583. The van der Waals surface area contributed by atoms with Crippen LogP contribution in [0.5, 0.6) is 0 Å². The normalized spacial score (nSPS) is 11.9. The lowest BCUT2D eigenvalue weighted by Crippen LogP contribution is -2.31. The second-order valence-electron chi connectivity index (χ2n) is 30.0. The standard InChI is InChI=1S/C28H31N5O6.C26H27N5O7.C20H25N5O4.C19H18BrN3O3/c1-5-19(31-28(35)38-16-18-10-7-6-8-11-18)25-30-22(17-37-25)20-12-9-13-21(29-20)26-32-24(27(34)36-4)23(39-26)14-15-33(2)3;1-31(2)12-11-21-22(25(33)34)30-24(38-21)18-10-6-9-17(27-18)20-15-36-23(28-20)19(13-32)29-26(35)37-14-16-7-4-3-5-8-16;1-5-12(21)18-23-15(11-28-18)13-7-6-8-14(22-13)19-24-17(20(26)27-4)16(29-19)9-10-25(2)3;1-2-14(23-19(24)26-11-13-7-4-3-5-8-13)18-22-16(12-25-18)15-9-6-10-17(20)21-15/h6-13,17,19H,5,14-16H2,1-4H3,(H,31,35);3-10,15,19,32H,11-14H2,1-2H3,(H,29,35)(H,33,34);6-8,11-12H,5,9-10,21H2,1-4H3;3-10,12,14H,2,11H2,1H3,(H,23,24). The molecule has 0 radical (unpaired) electrons. The summed E-state index contributed by atoms with van der Waals surface area (Å²) in [6.45, 7) is 7.72. The molecule has 11 heterocycles. The molecule has 0 aliphatic heterocycles. The molecule has 4 unspecified atom stereocenters. The van der Waals surface area contributed by atoms with Crippen molar-refractivity contribution in [3.8, 4) is 80.3 Å². The number of nitrogens with one attached hydrogen (secondary N) is 3. The van der Waals surface area contributed by atoms with Crippen LogP contribution in [0.4, 0.5) is 14.4 Å². The van der Waals surface area contributed by atoms with Crippen LogP contribution in [0.3, 0.4) is 0 Å². The highest BCUT2D eigenvalue weighted by atomic mass is 79.9. The zero-order valence-corrected chi connectivity index (χ0v) is 75.9. The van der Waals surface area contributed by atoms with E-state index in [1.54, 1.807) is 48.5 Å². The van der Waals surface area contributed by atoms with Gasteiger partial charge in [0.1, 0.15) is 125 Å². The van der Waals surface area contributed by atoms with Gasteiger partial charge in [-0.25, -0.2) is 83.6 Å². The maximum Gasteiger partial charge on any atom is 0.408 e. The molecule has 39 heteroatoms. The van der Waals surface area contributed by atoms with Crippen molar-refractivity contribution in [1.82, 2.24) is 85.5 Å². The number of nitrogens with two attached hydrogens (primary N) is 1. The number of aliphatic hydroxyl groups excluding tert-OH is 1. The first-order valence-electron chi connectivity index (χ1n) is 41.8. The molecule has 4 atom stereocenters. The number of rotatable bonds is 36. The summed E-state index contributed by atoms with van der Waals surface area (Å²) in [5.41, 5.74) is 14.1. The minimum Gasteiger partial charge on any atom is -0.476 e. The third-order valence-electron chi connectivity index (χ3n) is 19.3. The predicted octanol–water partition coefficient (Wildman–Crippen LogP) is 15.4. The summed E-state index contributed by atoms with van der Waals surface area (Å²) in [7, 11) is 14.1. The molecule has 0 aliphatic rings. The lowest BCUT2D eigenvalue weighted by atomic mass is 10.2. The van der Waals surface area contributed by atoms with Crippen molar-refractivity contribution in [2.45, 2.75) is 103 Å². The van der Waals surface area contributed by atoms with Gasteiger partial charge in [-0.1, -0.05) is 136 Å². The molecule has 14 rings (SSSR count). The highest BCUT2D eigenvalue weighted by Crippen LogP contribution is 2.32. The van der Waals surface area contributed by atoms with E-state index >= 15 is 0 Å². The van der Waals surface area contributed by atoms with Crippen molar-refractivity contribution < 1.29 is 93.6 Å². The number of hydrogen-bond donors (Lipinski definition) is 6. The quantitative estimate of drug-likeness (QED) is 0.0121. The molecule has 0 saturated carbocycles. The highest BCUT2D eigenvalue weighted by molar-refractivity contribution is 9.10. The molecule has 3 amide bonds. The van der Waals surface area contributed by atoms with Crippen molar-refractivity contribution in [3.63, 3.8) is 0 Å². The molecular weight excluding hydrogens is 1770 g/mol. The fraction of sp³-hybridized carbons (Fsp3) is 0.301. The zero-order valence-electron chi connectivity index (χ0n) is 74.4. The summed E-state index contributed by atoms with van der Waals surface area (Å²) in [5, 5.41) is 27.4. The Morgan fingerprint density at radius 2 is 0.682 bits per heavy atom. The maximum absolute atomic E-state index is 12.4. The van der Waals surface area contributed by atoms with Gasteiger partial charge in [-0.2, -0.15) is 0 Å². The number of carbonyl (C=O) groups is 6. The number of carbonyl (C=O) groups excluding carboxylic acids is 5. The number of aromatic nitrogens is 11. The van der Waals surface area contributed by atoms with Gasteiger partial charge >= 0.3 is 36.2 Å². The molecule has 0 bridgehead atoms. The number of alkyl carbamates (subject to hydrolysis) is 3. The van der Waals surface area contributed by atoms with Crippen LogP contribution in [0.15, 0.2) is 224 Å². The Hall–Kier alpha value is -14.8. The van der Waals surface area contributed by atoms with Gasteiger partial charge in [0, 0.05) is 38.9 Å². The highest BCUT2D eigenvalue weighted by Gasteiger charge is 2.29. The van der Waals surface area contributed by atoms with Crippen LogP contribution in [0.25, 0.3) is 80.3 Å². The molecule has 7 N–H and O–H groups in total. The number of oxazole rings is 7. The number of esters is 2. The number of aliphatic hydroxyl groups is 1. The van der Waals surface area contributed by atoms with E-state index in [4.69, 9.17) is 60.3 Å². The molecule has 0 aliphatic carbocycles. The van der Waals surface area contributed by atoms with E-state index in [0.717, 1.165) is 23.1 Å². The van der Waals surface area contributed by atoms with E-state index in [0.29, 0.717) is 148 Å². The molecule has 690 valence electrons. The Morgan fingerprint density at radius 3 is 1.00 bits per heavy atom. The summed E-state index contributed by atoms with van der Waals surface area (Å²) in [6, 6.07) is 47.2. The Kier molecular flexibility index (Phi) is 36.0. The van der Waals surface area contributed by atoms with Crippen molar-refractivity contribution in [2.75, 3.05) is 82.7 Å². The smallest absolute Gasteiger partial charge is 0.408 e. The second kappa shape index (κ2) is 48.6. The second-order valence-corrected chi connectivity index (χ2v) is 30.8. The molecular formula is C93H101BrN18O20. The largest absolute Gasteiger partial charge is 0.476 e. The van der Waals surface area contributed by atoms with Crippen LogP contribution in [0.2, 0.25) is 0 Å². The van der Waals surface area contributed by atoms with Gasteiger partial charge in [0.05, 0.1) is 49.6 Å². The number of aromatic carboxylic acids is 1. The number of pyridine rings is 4. The van der Waals surface area contributed by atoms with Gasteiger partial charge in [-0.3, -0.25) is 0 Å². The summed E-state index contributed by atoms with van der Waals surface area (Å²) < 4.78 is 65.9. The maximum atomic E-state index is 12.4. The zero-order chi connectivity index (χ0) is 94.2. The number of methoxy groups -OCH3 is 2. The van der Waals surface area contributed by atoms with Crippen molar-refractivity contribution in [3.05, 3.63) is 268 Å². The minimum atomic E-state index is -1.18. The first kappa shape index (κ1) is 97.8. The van der Waals surface area contributed by atoms with E-state index in [1.165, 1.54) is 39.3 Å². The van der Waals surface area contributed by atoms with E-state index in [9.17, 15) is 39.0 Å². The van der Waals surface area contributed by atoms with Crippen LogP contribution in [-0.2, 0) is 62.8 Å². The van der Waals surface area contributed by atoms with Gasteiger partial charge in [0.2, 0.25) is 41.2 Å². The minimum absolute atomic E-state index is 0.0571. The fourth-order valence-corrected chi connectivity index (χ4v) is 12.6. The number of benzene rings is 3. The number of hydrogen-bond acceptors (Lipinski definition) is 34. The topological polar surface area (TPSA) is 495 Å². The summed E-state index contributed by atoms with van der Waals surface area (Å²) in [5.74, 6) is 0.624. The Balaban J connectivity index is 0.000000172. The number of halogens is 1. The first-order valence-corrected chi connectivity index (χ1v) is 42.6. The van der Waals surface area contributed by atoms with E-state index < -0.39 is 54.9 Å². The number of nitrogens with zero attached hydrogens (tertiary/aromatic N) is 14. The van der Waals surface area contributed by atoms with Gasteiger partial charge in [-0.15, -0.1) is 0 Å². The molecule has 38 nitrogen and oxygen atoms in total. The van der Waals surface area contributed by atoms with Crippen molar-refractivity contribution in [2.24, 2.45) is 5.73 Å². The van der Waals surface area contributed by atoms with Gasteiger partial charge in [0.15, 0.2) is 17.1 Å². The molecule has 0 saturated heterocycles. The molecule has 11 aromatic heterocycles. The van der Waals surface area contributed by atoms with Crippen molar-refractivity contribution >= 4 is 52.1 Å². The van der Waals surface area contributed by atoms with Crippen LogP contribution in [-0.4, -0.2) is 199 Å². The van der Waals surface area contributed by atoms with Gasteiger partial charge in [0.25, 0.3) is 0 Å². The first-order chi connectivity index (χ1) is 63.8. The van der Waals surface area contributed by atoms with E-state index in [1.807, 2.05) is 193 Å². The Morgan fingerprint density at radius 1 is 0.379 bits per heavy atom. The molecule has 0 spiro atoms. The average molecular weight is 1870 g/mol. The third-order valence-corrected chi connectivity index (χ3v) is 19.8. The molecule has 132 heavy (non-hydrogen) atoms. The summed E-state index contributed by atoms with van der Waals surface area (Å²) >= 11 is 3.34. The van der Waals surface area contributed by atoms with E-state index in [2.05, 4.69) is 86.7 Å². The van der Waals surface area contributed by atoms with Crippen LogP contribution >= 0.6 is 15.9 Å². The summed E-state index contributed by atoms with van der Waals surface area (Å²) in [4.78, 5) is 127. The summed E-state index contributed by atoms with van der Waals surface area (Å²) in [6.07, 6.45) is 7.29. The van der Waals surface area contributed by atoms with Gasteiger partial charge < -0.3 is 101 Å². The molecule has 0 fully saturated rings. The third kappa shape index (κ3) is 28.1.